The molecule has 2 rings (SSSR count). The van der Waals surface area contributed by atoms with Gasteiger partial charge < -0.3 is 15.0 Å². The van der Waals surface area contributed by atoms with Crippen molar-refractivity contribution in [1.29, 1.82) is 0 Å². The number of thiazole rings is 1. The highest BCUT2D eigenvalue weighted by Crippen LogP contribution is 2.27. The highest BCUT2D eigenvalue weighted by atomic mass is 32.1. The predicted octanol–water partition coefficient (Wildman–Crippen LogP) is 2.04. The number of rotatable bonds is 3. The molecule has 1 saturated heterocycles. The Bertz CT molecular complexity index is 378. The molecule has 4 nitrogen and oxygen atoms in total. The van der Waals surface area contributed by atoms with Gasteiger partial charge in [-0.15, -0.1) is 11.3 Å². The fraction of sp³-hybridized carbons (Fsp3) is 0.750. The molecule has 0 aliphatic carbocycles. The largest absolute Gasteiger partial charge is 0.372 e. The lowest BCUT2D eigenvalue weighted by Gasteiger charge is -2.38. The number of aromatic nitrogens is 1. The Labute approximate surface area is 107 Å². The molecule has 0 saturated carbocycles. The van der Waals surface area contributed by atoms with Gasteiger partial charge in [-0.3, -0.25) is 0 Å². The Morgan fingerprint density at radius 2 is 2.35 bits per heavy atom. The topological polar surface area (TPSA) is 37.4 Å². The van der Waals surface area contributed by atoms with Crippen LogP contribution in [-0.4, -0.2) is 37.3 Å². The molecule has 5 heteroatoms. The minimum atomic E-state index is -0.0707. The molecule has 1 N–H and O–H groups in total. The first-order chi connectivity index (χ1) is 8.02. The normalized spacial score (nSPS) is 21.5. The molecule has 1 aromatic rings. The number of anilines is 1. The number of morpholine rings is 1. The Hall–Kier alpha value is -0.650. The fourth-order valence-corrected chi connectivity index (χ4v) is 2.89. The van der Waals surface area contributed by atoms with Crippen LogP contribution >= 0.6 is 11.3 Å². The van der Waals surface area contributed by atoms with Crippen LogP contribution in [0.15, 0.2) is 5.38 Å². The van der Waals surface area contributed by atoms with Crippen molar-refractivity contribution in [2.24, 2.45) is 0 Å². The summed E-state index contributed by atoms with van der Waals surface area (Å²) >= 11 is 1.72. The van der Waals surface area contributed by atoms with E-state index in [0.29, 0.717) is 6.04 Å². The average Bonchev–Trinajstić information content (AvgIpc) is 2.76. The van der Waals surface area contributed by atoms with Crippen LogP contribution in [0.4, 0.5) is 5.13 Å². The molecule has 0 radical (unpaired) electrons. The van der Waals surface area contributed by atoms with Crippen molar-refractivity contribution in [2.45, 2.75) is 32.4 Å². The zero-order valence-electron chi connectivity index (χ0n) is 11.0. The first kappa shape index (κ1) is 12.8. The molecule has 0 amide bonds. The van der Waals surface area contributed by atoms with Gasteiger partial charge in [0, 0.05) is 24.5 Å². The second-order valence-corrected chi connectivity index (χ2v) is 5.93. The monoisotopic (exact) mass is 255 g/mol. The van der Waals surface area contributed by atoms with E-state index < -0.39 is 0 Å². The molecule has 0 bridgehead atoms. The van der Waals surface area contributed by atoms with Crippen LogP contribution in [0.2, 0.25) is 0 Å². The van der Waals surface area contributed by atoms with Gasteiger partial charge in [0.05, 0.1) is 17.9 Å². The van der Waals surface area contributed by atoms with Crippen LogP contribution in [0.3, 0.4) is 0 Å². The van der Waals surface area contributed by atoms with Gasteiger partial charge in [0.15, 0.2) is 5.13 Å². The molecule has 96 valence electrons. The maximum absolute atomic E-state index is 5.72. The maximum Gasteiger partial charge on any atom is 0.185 e. The molecule has 1 aromatic heterocycles. The minimum Gasteiger partial charge on any atom is -0.372 e. The summed E-state index contributed by atoms with van der Waals surface area (Å²) in [5.41, 5.74) is 1.05. The van der Waals surface area contributed by atoms with Crippen molar-refractivity contribution in [3.8, 4) is 0 Å². The van der Waals surface area contributed by atoms with E-state index in [1.165, 1.54) is 0 Å². The predicted molar refractivity (Wildman–Crippen MR) is 71.8 cm³/mol. The van der Waals surface area contributed by atoms with Crippen LogP contribution < -0.4 is 10.2 Å². The molecular formula is C12H21N3OS. The summed E-state index contributed by atoms with van der Waals surface area (Å²) in [5, 5.41) is 6.46. The molecular weight excluding hydrogens is 234 g/mol. The van der Waals surface area contributed by atoms with E-state index in [2.05, 4.69) is 36.4 Å². The van der Waals surface area contributed by atoms with Crippen molar-refractivity contribution in [2.75, 3.05) is 31.6 Å². The third-order valence-corrected chi connectivity index (χ3v) is 4.00. The van der Waals surface area contributed by atoms with Gasteiger partial charge in [-0.1, -0.05) is 0 Å². The molecule has 0 aromatic carbocycles. The zero-order valence-corrected chi connectivity index (χ0v) is 11.8. The summed E-state index contributed by atoms with van der Waals surface area (Å²) in [6.07, 6.45) is 0. The van der Waals surface area contributed by atoms with Crippen molar-refractivity contribution in [1.82, 2.24) is 10.3 Å². The summed E-state index contributed by atoms with van der Waals surface area (Å²) in [4.78, 5) is 7.02. The second kappa shape index (κ2) is 4.92. The lowest BCUT2D eigenvalue weighted by molar-refractivity contribution is -0.0277. The van der Waals surface area contributed by atoms with Crippen molar-refractivity contribution in [3.05, 3.63) is 11.1 Å². The molecule has 1 unspecified atom stereocenters. The van der Waals surface area contributed by atoms with Gasteiger partial charge in [-0.25, -0.2) is 4.98 Å². The lowest BCUT2D eigenvalue weighted by Crippen LogP contribution is -2.48. The van der Waals surface area contributed by atoms with E-state index in [0.717, 1.165) is 30.5 Å². The van der Waals surface area contributed by atoms with E-state index in [4.69, 9.17) is 9.72 Å². The van der Waals surface area contributed by atoms with E-state index in [9.17, 15) is 0 Å². The third kappa shape index (κ3) is 2.97. The van der Waals surface area contributed by atoms with Crippen molar-refractivity contribution < 1.29 is 4.74 Å². The smallest absolute Gasteiger partial charge is 0.185 e. The van der Waals surface area contributed by atoms with E-state index in [-0.39, 0.29) is 5.60 Å². The van der Waals surface area contributed by atoms with Crippen LogP contribution in [-0.2, 0) is 4.74 Å². The van der Waals surface area contributed by atoms with Gasteiger partial charge in [0.1, 0.15) is 0 Å². The summed E-state index contributed by atoms with van der Waals surface area (Å²) in [5.74, 6) is 0. The summed E-state index contributed by atoms with van der Waals surface area (Å²) in [6.45, 7) is 9.01. The van der Waals surface area contributed by atoms with Crippen LogP contribution in [0, 0.1) is 0 Å². The SMILES string of the molecule is CNC(C)c1csc(N2CCOC(C)(C)C2)n1. The number of nitrogens with zero attached hydrogens (tertiary/aromatic N) is 2. The average molecular weight is 255 g/mol. The standard InChI is InChI=1S/C12H21N3OS/c1-9(13-4)10-7-17-11(14-10)15-5-6-16-12(2,3)8-15/h7,9,13H,5-6,8H2,1-4H3. The quantitative estimate of drug-likeness (QED) is 0.897. The maximum atomic E-state index is 5.72. The Kier molecular flexibility index (Phi) is 3.70. The molecule has 17 heavy (non-hydrogen) atoms. The van der Waals surface area contributed by atoms with Crippen LogP contribution in [0.5, 0.6) is 0 Å². The van der Waals surface area contributed by atoms with Gasteiger partial charge in [0.25, 0.3) is 0 Å². The summed E-state index contributed by atoms with van der Waals surface area (Å²) in [6, 6.07) is 0.314. The molecule has 0 spiro atoms. The van der Waals surface area contributed by atoms with Crippen LogP contribution in [0.1, 0.15) is 32.5 Å². The number of hydrogen-bond donors (Lipinski definition) is 1. The highest BCUT2D eigenvalue weighted by Gasteiger charge is 2.28. The van der Waals surface area contributed by atoms with Crippen molar-refractivity contribution >= 4 is 16.5 Å². The Balaban J connectivity index is 2.09. The van der Waals surface area contributed by atoms with Gasteiger partial charge in [-0.05, 0) is 27.8 Å². The first-order valence-electron chi connectivity index (χ1n) is 6.03. The van der Waals surface area contributed by atoms with Crippen LogP contribution in [0.25, 0.3) is 0 Å². The lowest BCUT2D eigenvalue weighted by atomic mass is 10.1. The molecule has 1 atom stereocenters. The highest BCUT2D eigenvalue weighted by molar-refractivity contribution is 7.13. The summed E-state index contributed by atoms with van der Waals surface area (Å²) in [7, 11) is 1.96. The zero-order chi connectivity index (χ0) is 12.5. The Morgan fingerprint density at radius 3 is 3.00 bits per heavy atom. The molecule has 1 aliphatic rings. The molecule has 1 fully saturated rings. The first-order valence-corrected chi connectivity index (χ1v) is 6.91. The third-order valence-electron chi connectivity index (χ3n) is 3.08. The van der Waals surface area contributed by atoms with Gasteiger partial charge >= 0.3 is 0 Å². The molecule has 1 aliphatic heterocycles. The molecule has 2 heterocycles. The van der Waals surface area contributed by atoms with E-state index in [1.54, 1.807) is 11.3 Å². The van der Waals surface area contributed by atoms with E-state index in [1.807, 2.05) is 7.05 Å². The minimum absolute atomic E-state index is 0.0707. The van der Waals surface area contributed by atoms with Crippen molar-refractivity contribution in [3.63, 3.8) is 0 Å². The number of ether oxygens (including phenoxy) is 1. The number of hydrogen-bond acceptors (Lipinski definition) is 5. The van der Waals surface area contributed by atoms with E-state index >= 15 is 0 Å². The number of nitrogens with one attached hydrogen (secondary N) is 1. The van der Waals surface area contributed by atoms with Gasteiger partial charge in [-0.2, -0.15) is 0 Å². The fourth-order valence-electron chi connectivity index (χ4n) is 1.95. The second-order valence-electron chi connectivity index (χ2n) is 5.10. The Morgan fingerprint density at radius 1 is 1.59 bits per heavy atom. The summed E-state index contributed by atoms with van der Waals surface area (Å²) < 4.78 is 5.72. The van der Waals surface area contributed by atoms with Gasteiger partial charge in [0.2, 0.25) is 0 Å².